The Morgan fingerprint density at radius 2 is 2.12 bits per heavy atom. The van der Waals surface area contributed by atoms with E-state index in [9.17, 15) is 0 Å². The van der Waals surface area contributed by atoms with Gasteiger partial charge in [0.15, 0.2) is 0 Å². The van der Waals surface area contributed by atoms with Gasteiger partial charge in [-0.05, 0) is 57.7 Å². The van der Waals surface area contributed by atoms with Crippen molar-refractivity contribution < 1.29 is 4.74 Å². The summed E-state index contributed by atoms with van der Waals surface area (Å²) in [6.07, 6.45) is 12.8. The molecule has 2 aromatic rings. The highest BCUT2D eigenvalue weighted by molar-refractivity contribution is 5.29. The van der Waals surface area contributed by atoms with E-state index in [1.165, 1.54) is 24.8 Å². The summed E-state index contributed by atoms with van der Waals surface area (Å²) in [5.74, 6) is 0. The standard InChI is InChI=1S/C21H30N4O/c1-3-26-16-20(8-11-24-13-10-22-17-24)9-12-25(15-20)21(6-7-21)19-5-4-18(2)23-14-19/h4-5,10,13-14,17H,3,6-9,11-12,15-16H2,1-2H3/t20-/m1/s1. The molecule has 2 aliphatic rings. The lowest BCUT2D eigenvalue weighted by Gasteiger charge is -2.33. The van der Waals surface area contributed by atoms with E-state index in [2.05, 4.69) is 57.8 Å². The molecule has 140 valence electrons. The van der Waals surface area contributed by atoms with Crippen molar-refractivity contribution in [1.82, 2.24) is 19.4 Å². The first-order chi connectivity index (χ1) is 12.7. The van der Waals surface area contributed by atoms with Crippen LogP contribution in [0.5, 0.6) is 0 Å². The van der Waals surface area contributed by atoms with E-state index < -0.39 is 0 Å². The van der Waals surface area contributed by atoms with Gasteiger partial charge in [0.2, 0.25) is 0 Å². The first-order valence-electron chi connectivity index (χ1n) is 9.88. The molecular weight excluding hydrogens is 324 g/mol. The van der Waals surface area contributed by atoms with Gasteiger partial charge in [-0.1, -0.05) is 6.07 Å². The van der Waals surface area contributed by atoms with E-state index >= 15 is 0 Å². The molecule has 5 heteroatoms. The summed E-state index contributed by atoms with van der Waals surface area (Å²) < 4.78 is 8.12. The van der Waals surface area contributed by atoms with Crippen molar-refractivity contribution in [2.24, 2.45) is 5.41 Å². The molecule has 1 atom stereocenters. The van der Waals surface area contributed by atoms with E-state index in [0.29, 0.717) is 0 Å². The van der Waals surface area contributed by atoms with Gasteiger partial charge in [-0.15, -0.1) is 0 Å². The minimum absolute atomic E-state index is 0.226. The van der Waals surface area contributed by atoms with Crippen LogP contribution in [0.25, 0.3) is 0 Å². The van der Waals surface area contributed by atoms with Crippen LogP contribution in [0.4, 0.5) is 0 Å². The monoisotopic (exact) mass is 354 g/mol. The minimum Gasteiger partial charge on any atom is -0.381 e. The van der Waals surface area contributed by atoms with Crippen LogP contribution in [0.15, 0.2) is 37.1 Å². The highest BCUT2D eigenvalue weighted by Gasteiger charge is 2.54. The molecule has 1 saturated heterocycles. The van der Waals surface area contributed by atoms with Gasteiger partial charge >= 0.3 is 0 Å². The third kappa shape index (κ3) is 3.42. The number of imidazole rings is 1. The summed E-state index contributed by atoms with van der Waals surface area (Å²) in [5, 5.41) is 0. The van der Waals surface area contributed by atoms with Crippen molar-refractivity contribution in [2.45, 2.75) is 51.6 Å². The molecule has 0 aromatic carbocycles. The van der Waals surface area contributed by atoms with Crippen molar-refractivity contribution >= 4 is 0 Å². The minimum atomic E-state index is 0.226. The van der Waals surface area contributed by atoms with E-state index in [4.69, 9.17) is 4.74 Å². The molecule has 2 aromatic heterocycles. The van der Waals surface area contributed by atoms with Gasteiger partial charge < -0.3 is 9.30 Å². The Kier molecular flexibility index (Phi) is 4.84. The lowest BCUT2D eigenvalue weighted by molar-refractivity contribution is 0.0416. The number of aromatic nitrogens is 3. The van der Waals surface area contributed by atoms with Crippen molar-refractivity contribution in [2.75, 3.05) is 26.3 Å². The second-order valence-electron chi connectivity index (χ2n) is 8.08. The molecule has 3 heterocycles. The maximum Gasteiger partial charge on any atom is 0.0945 e. The van der Waals surface area contributed by atoms with Crippen LogP contribution in [0.2, 0.25) is 0 Å². The van der Waals surface area contributed by atoms with Gasteiger partial charge in [0, 0.05) is 54.9 Å². The van der Waals surface area contributed by atoms with Crippen LogP contribution in [0, 0.1) is 12.3 Å². The van der Waals surface area contributed by atoms with Crippen LogP contribution in [-0.4, -0.2) is 45.7 Å². The van der Waals surface area contributed by atoms with Crippen LogP contribution in [0.3, 0.4) is 0 Å². The molecule has 0 unspecified atom stereocenters. The molecule has 26 heavy (non-hydrogen) atoms. The lowest BCUT2D eigenvalue weighted by atomic mass is 9.84. The molecule has 1 saturated carbocycles. The van der Waals surface area contributed by atoms with Gasteiger partial charge in [0.25, 0.3) is 0 Å². The predicted octanol–water partition coefficient (Wildman–Crippen LogP) is 3.39. The van der Waals surface area contributed by atoms with Gasteiger partial charge in [-0.2, -0.15) is 0 Å². The number of hydrogen-bond acceptors (Lipinski definition) is 4. The zero-order chi connectivity index (χ0) is 18.0. The molecule has 0 radical (unpaired) electrons. The average molecular weight is 354 g/mol. The summed E-state index contributed by atoms with van der Waals surface area (Å²) in [7, 11) is 0. The number of pyridine rings is 1. The maximum atomic E-state index is 5.93. The van der Waals surface area contributed by atoms with Gasteiger partial charge in [-0.3, -0.25) is 9.88 Å². The molecule has 0 bridgehead atoms. The molecular formula is C21H30N4O. The summed E-state index contributed by atoms with van der Waals surface area (Å²) in [4.78, 5) is 11.4. The third-order valence-electron chi connectivity index (χ3n) is 6.29. The fraction of sp³-hybridized carbons (Fsp3) is 0.619. The first kappa shape index (κ1) is 17.7. The second kappa shape index (κ2) is 7.12. The van der Waals surface area contributed by atoms with Gasteiger partial charge in [0.1, 0.15) is 0 Å². The van der Waals surface area contributed by atoms with Crippen molar-refractivity contribution in [3.8, 4) is 0 Å². The number of rotatable bonds is 8. The largest absolute Gasteiger partial charge is 0.381 e. The second-order valence-corrected chi connectivity index (χ2v) is 8.08. The predicted molar refractivity (Wildman–Crippen MR) is 102 cm³/mol. The van der Waals surface area contributed by atoms with Crippen LogP contribution >= 0.6 is 0 Å². The third-order valence-corrected chi connectivity index (χ3v) is 6.29. The first-order valence-corrected chi connectivity index (χ1v) is 9.88. The summed E-state index contributed by atoms with van der Waals surface area (Å²) in [5.41, 5.74) is 2.96. The Morgan fingerprint density at radius 1 is 1.23 bits per heavy atom. The molecule has 1 aliphatic heterocycles. The number of nitrogens with zero attached hydrogens (tertiary/aromatic N) is 4. The Balaban J connectivity index is 1.48. The van der Waals surface area contributed by atoms with Gasteiger partial charge in [0.05, 0.1) is 12.9 Å². The van der Waals surface area contributed by atoms with E-state index in [1.54, 1.807) is 0 Å². The summed E-state index contributed by atoms with van der Waals surface area (Å²) in [6, 6.07) is 4.43. The Labute approximate surface area is 156 Å². The SMILES string of the molecule is CCOC[C@]1(CCn2ccnc2)CCN(C2(c3ccc(C)nc3)CC2)C1. The summed E-state index contributed by atoms with van der Waals surface area (Å²) >= 11 is 0. The van der Waals surface area contributed by atoms with Gasteiger partial charge in [-0.25, -0.2) is 4.98 Å². The Hall–Kier alpha value is -1.72. The molecule has 0 N–H and O–H groups in total. The zero-order valence-electron chi connectivity index (χ0n) is 16.0. The normalized spacial score (nSPS) is 24.8. The Bertz CT molecular complexity index is 708. The van der Waals surface area contributed by atoms with Crippen LogP contribution in [-0.2, 0) is 16.8 Å². The molecule has 4 rings (SSSR count). The highest BCUT2D eigenvalue weighted by Crippen LogP contribution is 2.54. The quantitative estimate of drug-likeness (QED) is 0.729. The Morgan fingerprint density at radius 3 is 2.77 bits per heavy atom. The number of ether oxygens (including phenoxy) is 1. The summed E-state index contributed by atoms with van der Waals surface area (Å²) in [6.45, 7) is 9.09. The average Bonchev–Trinajstić information content (AvgIpc) is 3.10. The number of hydrogen-bond donors (Lipinski definition) is 0. The smallest absolute Gasteiger partial charge is 0.0945 e. The topological polar surface area (TPSA) is 43.2 Å². The maximum absolute atomic E-state index is 5.93. The number of aryl methyl sites for hydroxylation is 2. The van der Waals surface area contributed by atoms with E-state index in [-0.39, 0.29) is 11.0 Å². The zero-order valence-corrected chi connectivity index (χ0v) is 16.0. The van der Waals surface area contributed by atoms with E-state index in [0.717, 1.165) is 45.0 Å². The fourth-order valence-electron chi connectivity index (χ4n) is 4.45. The van der Waals surface area contributed by atoms with Crippen molar-refractivity contribution in [1.29, 1.82) is 0 Å². The van der Waals surface area contributed by atoms with Crippen molar-refractivity contribution in [3.05, 3.63) is 48.3 Å². The highest BCUT2D eigenvalue weighted by atomic mass is 16.5. The van der Waals surface area contributed by atoms with Crippen LogP contribution in [0.1, 0.15) is 43.9 Å². The number of likely N-dealkylation sites (tertiary alicyclic amines) is 1. The van der Waals surface area contributed by atoms with E-state index in [1.807, 2.05) is 12.5 Å². The molecule has 0 amide bonds. The van der Waals surface area contributed by atoms with Crippen LogP contribution < -0.4 is 0 Å². The lowest BCUT2D eigenvalue weighted by Crippen LogP contribution is -2.38. The molecule has 2 fully saturated rings. The molecule has 5 nitrogen and oxygen atoms in total. The van der Waals surface area contributed by atoms with Crippen molar-refractivity contribution in [3.63, 3.8) is 0 Å². The fourth-order valence-corrected chi connectivity index (χ4v) is 4.45. The molecule has 0 spiro atoms. The molecule has 1 aliphatic carbocycles.